The van der Waals surface area contributed by atoms with Crippen molar-refractivity contribution in [3.8, 4) is 0 Å². The number of esters is 1. The summed E-state index contributed by atoms with van der Waals surface area (Å²) in [5.74, 6) is 0.188. The van der Waals surface area contributed by atoms with Crippen LogP contribution in [0.4, 0.5) is 0 Å². The summed E-state index contributed by atoms with van der Waals surface area (Å²) < 4.78 is 30.4. The van der Waals surface area contributed by atoms with Crippen molar-refractivity contribution in [2.24, 2.45) is 50.2 Å². The van der Waals surface area contributed by atoms with Crippen LogP contribution in [0.3, 0.4) is 0 Å². The molecule has 56 heavy (non-hydrogen) atoms. The number of hydrogen-bond donors (Lipinski definition) is 8. The predicted molar refractivity (Wildman–Crippen MR) is 197 cm³/mol. The summed E-state index contributed by atoms with van der Waals surface area (Å²) in [6.45, 7) is 14.7. The van der Waals surface area contributed by atoms with Crippen LogP contribution in [-0.2, 0) is 28.5 Å². The molecule has 7 fully saturated rings. The van der Waals surface area contributed by atoms with E-state index >= 15 is 0 Å². The molecule has 20 atom stereocenters. The third kappa shape index (κ3) is 5.53. The first-order valence-corrected chi connectivity index (χ1v) is 21.0. The van der Waals surface area contributed by atoms with Crippen LogP contribution in [0, 0.1) is 50.2 Å². The van der Waals surface area contributed by atoms with Crippen molar-refractivity contribution >= 4 is 5.97 Å². The van der Waals surface area contributed by atoms with Crippen molar-refractivity contribution in [3.05, 3.63) is 11.6 Å². The Bertz CT molecular complexity index is 1570. The van der Waals surface area contributed by atoms with Gasteiger partial charge in [-0.1, -0.05) is 60.1 Å². The number of hydrogen-bond acceptors (Lipinski definition) is 14. The van der Waals surface area contributed by atoms with E-state index in [1.165, 1.54) is 5.57 Å². The normalized spacial score (nSPS) is 55.8. The molecular weight excluding hydrogens is 728 g/mol. The molecule has 8 aliphatic rings. The van der Waals surface area contributed by atoms with Crippen LogP contribution in [0.1, 0.15) is 99.8 Å². The Morgan fingerprint density at radius 3 is 2.04 bits per heavy atom. The number of allylic oxidation sites excluding steroid dienone is 2. The van der Waals surface area contributed by atoms with Gasteiger partial charge in [0.05, 0.1) is 25.4 Å². The zero-order chi connectivity index (χ0) is 40.7. The highest BCUT2D eigenvalue weighted by atomic mass is 16.8. The van der Waals surface area contributed by atoms with E-state index in [-0.39, 0.29) is 51.5 Å². The maximum atomic E-state index is 13.7. The van der Waals surface area contributed by atoms with Gasteiger partial charge in [-0.25, -0.2) is 0 Å². The molecule has 0 radical (unpaired) electrons. The van der Waals surface area contributed by atoms with Crippen molar-refractivity contribution in [3.63, 3.8) is 0 Å². The Morgan fingerprint density at radius 1 is 0.732 bits per heavy atom. The van der Waals surface area contributed by atoms with E-state index in [4.69, 9.17) is 23.7 Å². The van der Waals surface area contributed by atoms with Gasteiger partial charge in [0.1, 0.15) is 60.4 Å². The van der Waals surface area contributed by atoms with E-state index in [1.54, 1.807) is 0 Å². The molecule has 0 aromatic carbocycles. The molecule has 8 rings (SSSR count). The predicted octanol–water partition coefficient (Wildman–Crippen LogP) is 1.30. The van der Waals surface area contributed by atoms with Crippen molar-refractivity contribution in [2.45, 2.75) is 180 Å². The van der Waals surface area contributed by atoms with Gasteiger partial charge in [-0.15, -0.1) is 0 Å². The summed E-state index contributed by atoms with van der Waals surface area (Å²) in [6.07, 6.45) is -8.03. The molecule has 318 valence electrons. The number of aliphatic hydroxyl groups is 8. The van der Waals surface area contributed by atoms with Crippen molar-refractivity contribution in [2.75, 3.05) is 13.2 Å². The standard InChI is InChI=1S/C42H66O14/c1-37(2)14-20-19-8-9-24-39(5)12-11-26(38(3,4)23(39)10-13-40(24,6)41(19,7)15-25(45)42(20)16-27(37)55-36(42)51)54-35-33(31(49)29(47)22(18-44)53-35)56-34-32(50)30(48)28(46)21(17-43)52-34/h8,20-35,43-50H,9-18H2,1-7H3/t20-,21+,22+,23-,24+,25+,26-,27-,28+,29+,30-,31-,32+,33+,34-,35-,39-,40+,41+,42+/m0/s1. The van der Waals surface area contributed by atoms with Gasteiger partial charge in [0.2, 0.25) is 0 Å². The Labute approximate surface area is 329 Å². The maximum Gasteiger partial charge on any atom is 0.315 e. The minimum Gasteiger partial charge on any atom is -0.461 e. The Balaban J connectivity index is 1.06. The van der Waals surface area contributed by atoms with Crippen LogP contribution in [0.25, 0.3) is 0 Å². The van der Waals surface area contributed by atoms with E-state index in [0.717, 1.165) is 32.1 Å². The van der Waals surface area contributed by atoms with Gasteiger partial charge >= 0.3 is 5.97 Å². The van der Waals surface area contributed by atoms with Gasteiger partial charge < -0.3 is 64.5 Å². The van der Waals surface area contributed by atoms with Crippen LogP contribution < -0.4 is 0 Å². The number of carbonyl (C=O) groups excluding carboxylic acids is 1. The quantitative estimate of drug-likeness (QED) is 0.108. The second-order valence-electron chi connectivity index (χ2n) is 20.9. The summed E-state index contributed by atoms with van der Waals surface area (Å²) in [7, 11) is 0. The van der Waals surface area contributed by atoms with Gasteiger partial charge in [0, 0.05) is 11.8 Å². The van der Waals surface area contributed by atoms with E-state index in [2.05, 4.69) is 54.5 Å². The van der Waals surface area contributed by atoms with Gasteiger partial charge in [-0.05, 0) is 84.4 Å². The van der Waals surface area contributed by atoms with E-state index in [1.807, 2.05) is 0 Å². The average Bonchev–Trinajstić information content (AvgIpc) is 3.46. The minimum absolute atomic E-state index is 0.0633. The molecule has 0 aromatic heterocycles. The van der Waals surface area contributed by atoms with Crippen molar-refractivity contribution in [1.82, 2.24) is 0 Å². The Kier molecular flexibility index (Phi) is 10.1. The first-order chi connectivity index (χ1) is 26.1. The van der Waals surface area contributed by atoms with Gasteiger partial charge in [0.25, 0.3) is 0 Å². The summed E-state index contributed by atoms with van der Waals surface area (Å²) in [5, 5.41) is 85.5. The zero-order valence-corrected chi connectivity index (χ0v) is 33.9. The molecule has 0 unspecified atom stereocenters. The lowest BCUT2D eigenvalue weighted by Gasteiger charge is -2.71. The van der Waals surface area contributed by atoms with Crippen molar-refractivity contribution < 1.29 is 69.3 Å². The number of carbonyl (C=O) groups is 1. The molecule has 3 heterocycles. The highest BCUT2D eigenvalue weighted by Crippen LogP contribution is 2.76. The highest BCUT2D eigenvalue weighted by molar-refractivity contribution is 5.82. The van der Waals surface area contributed by atoms with Crippen LogP contribution in [0.15, 0.2) is 11.6 Å². The molecular formula is C42H66O14. The fourth-order valence-electron chi connectivity index (χ4n) is 14.1. The largest absolute Gasteiger partial charge is 0.461 e. The summed E-state index contributed by atoms with van der Waals surface area (Å²) >= 11 is 0. The molecule has 4 saturated carbocycles. The third-order valence-corrected chi connectivity index (χ3v) is 17.7. The second kappa shape index (κ2) is 13.6. The fraction of sp³-hybridized carbons (Fsp3) is 0.929. The van der Waals surface area contributed by atoms with Gasteiger partial charge in [0.15, 0.2) is 12.6 Å². The lowest BCUT2D eigenvalue weighted by Crippen LogP contribution is -2.68. The molecule has 5 aliphatic carbocycles. The molecule has 0 amide bonds. The monoisotopic (exact) mass is 794 g/mol. The minimum atomic E-state index is -1.76. The maximum absolute atomic E-state index is 13.7. The third-order valence-electron chi connectivity index (χ3n) is 17.7. The van der Waals surface area contributed by atoms with E-state index in [9.17, 15) is 45.6 Å². The molecule has 2 bridgehead atoms. The fourth-order valence-corrected chi connectivity index (χ4v) is 14.1. The number of aliphatic hydroxyl groups excluding tert-OH is 8. The second-order valence-corrected chi connectivity index (χ2v) is 20.9. The molecule has 14 nitrogen and oxygen atoms in total. The van der Waals surface area contributed by atoms with Crippen LogP contribution in [0.5, 0.6) is 0 Å². The lowest BCUT2D eigenvalue weighted by atomic mass is 9.33. The summed E-state index contributed by atoms with van der Waals surface area (Å²) in [6, 6.07) is 0. The van der Waals surface area contributed by atoms with Crippen LogP contribution in [0.2, 0.25) is 0 Å². The molecule has 3 aliphatic heterocycles. The molecule has 1 spiro atoms. The number of fused-ring (bicyclic) bond motifs is 7. The lowest BCUT2D eigenvalue weighted by molar-refractivity contribution is -0.378. The highest BCUT2D eigenvalue weighted by Gasteiger charge is 2.74. The zero-order valence-electron chi connectivity index (χ0n) is 33.9. The topological polar surface area (TPSA) is 225 Å². The van der Waals surface area contributed by atoms with Gasteiger partial charge in [-0.3, -0.25) is 4.79 Å². The average molecular weight is 795 g/mol. The SMILES string of the molecule is CC1(C)C[C@H]2C3=CC[C@@H]4[C@@]5(C)CC[C@H](O[C@@H]6O[C@H](CO)[C@@H](O)[C@H](O)[C@H]6O[C@@H]6O[C@H](CO)[C@@H](O)[C@H](O)[C@H]6O)C(C)(C)[C@@H]5CC[C@@]4(C)[C@]3(C)C[C@@H](O)[C@@]23C[C@@H]1OC3=O. The molecule has 8 N–H and O–H groups in total. The molecule has 0 aromatic rings. The van der Waals surface area contributed by atoms with E-state index in [0.29, 0.717) is 19.3 Å². The van der Waals surface area contributed by atoms with E-state index < -0.39 is 97.7 Å². The molecule has 14 heteroatoms. The number of rotatable bonds is 6. The first kappa shape index (κ1) is 41.5. The summed E-state index contributed by atoms with van der Waals surface area (Å²) in [5.41, 5.74) is -0.740. The summed E-state index contributed by atoms with van der Waals surface area (Å²) in [4.78, 5) is 13.7. The smallest absolute Gasteiger partial charge is 0.315 e. The van der Waals surface area contributed by atoms with Crippen molar-refractivity contribution in [1.29, 1.82) is 0 Å². The van der Waals surface area contributed by atoms with Crippen LogP contribution in [-0.4, -0.2) is 140 Å². The molecule has 3 saturated heterocycles. The van der Waals surface area contributed by atoms with Crippen LogP contribution >= 0.6 is 0 Å². The Morgan fingerprint density at radius 2 is 1.38 bits per heavy atom. The van der Waals surface area contributed by atoms with Gasteiger partial charge in [-0.2, -0.15) is 0 Å². The first-order valence-electron chi connectivity index (χ1n) is 21.0. The Hall–Kier alpha value is -1.27. The number of ether oxygens (including phenoxy) is 5.